The molecule has 0 amide bonds. The zero-order valence-electron chi connectivity index (χ0n) is 12.7. The number of carbonyl (C=O) groups is 2. The summed E-state index contributed by atoms with van der Waals surface area (Å²) in [5, 5.41) is 18.4. The minimum Gasteiger partial charge on any atom is -0.481 e. The minimum absolute atomic E-state index is 0.0456. The first-order valence-corrected chi connectivity index (χ1v) is 7.09. The summed E-state index contributed by atoms with van der Waals surface area (Å²) in [4.78, 5) is 22.5. The Kier molecular flexibility index (Phi) is 8.81. The maximum Gasteiger partial charge on any atom is 0.306 e. The number of rotatable bonds is 9. The number of allylic oxidation sites excluding steroid dienone is 3. The summed E-state index contributed by atoms with van der Waals surface area (Å²) in [6.45, 7) is 7.17. The van der Waals surface area contributed by atoms with Gasteiger partial charge in [-0.15, -0.1) is 0 Å². The first-order chi connectivity index (χ1) is 9.29. The van der Waals surface area contributed by atoms with Crippen LogP contribution >= 0.6 is 0 Å². The fourth-order valence-corrected chi connectivity index (χ4v) is 1.80. The lowest BCUT2D eigenvalue weighted by molar-refractivity contribution is -0.141. The van der Waals surface area contributed by atoms with Crippen LogP contribution < -0.4 is 0 Å². The average molecular weight is 282 g/mol. The molecule has 0 radical (unpaired) electrons. The molecule has 0 heterocycles. The number of aliphatic hydroxyl groups is 1. The number of ketones is 1. The Morgan fingerprint density at radius 1 is 1.10 bits per heavy atom. The third kappa shape index (κ3) is 7.24. The van der Waals surface area contributed by atoms with Gasteiger partial charge in [-0.25, -0.2) is 0 Å². The van der Waals surface area contributed by atoms with E-state index in [-0.39, 0.29) is 23.7 Å². The monoisotopic (exact) mass is 282 g/mol. The summed E-state index contributed by atoms with van der Waals surface area (Å²) in [6, 6.07) is 0. The highest BCUT2D eigenvalue weighted by Gasteiger charge is 2.18. The Hall–Kier alpha value is -1.42. The standard InChI is InChI=1S/C16H26O4/c1-5-14(17)11(2)8-6-7-9-15(18)12(3)10-13(4)16(19)20/h6-9,11-14,17H,5,10H2,1-4H3,(H,19,20)/b8-6+,9-7+. The van der Waals surface area contributed by atoms with E-state index in [1.54, 1.807) is 26.0 Å². The number of carboxylic acid groups (broad SMARTS) is 1. The smallest absolute Gasteiger partial charge is 0.306 e. The molecule has 0 aliphatic rings. The lowest BCUT2D eigenvalue weighted by Gasteiger charge is -2.12. The zero-order valence-corrected chi connectivity index (χ0v) is 12.7. The fraction of sp³-hybridized carbons (Fsp3) is 0.625. The topological polar surface area (TPSA) is 74.6 Å². The molecule has 4 atom stereocenters. The maximum absolute atomic E-state index is 11.8. The van der Waals surface area contributed by atoms with Crippen molar-refractivity contribution < 1.29 is 19.8 Å². The highest BCUT2D eigenvalue weighted by Crippen LogP contribution is 2.13. The third-order valence-corrected chi connectivity index (χ3v) is 3.43. The van der Waals surface area contributed by atoms with Crippen molar-refractivity contribution in [1.29, 1.82) is 0 Å². The third-order valence-electron chi connectivity index (χ3n) is 3.43. The molecule has 0 saturated carbocycles. The van der Waals surface area contributed by atoms with Crippen molar-refractivity contribution >= 4 is 11.8 Å². The van der Waals surface area contributed by atoms with Crippen molar-refractivity contribution in [3.05, 3.63) is 24.3 Å². The molecule has 0 aromatic rings. The van der Waals surface area contributed by atoms with Crippen molar-refractivity contribution in [3.8, 4) is 0 Å². The summed E-state index contributed by atoms with van der Waals surface area (Å²) in [7, 11) is 0. The van der Waals surface area contributed by atoms with E-state index in [0.29, 0.717) is 12.8 Å². The SMILES string of the molecule is CCC(O)C(C)/C=C/C=C/C(=O)C(C)CC(C)C(=O)O. The van der Waals surface area contributed by atoms with Gasteiger partial charge in [-0.2, -0.15) is 0 Å². The van der Waals surface area contributed by atoms with Gasteiger partial charge in [0.25, 0.3) is 0 Å². The Balaban J connectivity index is 4.29. The molecule has 20 heavy (non-hydrogen) atoms. The number of aliphatic hydroxyl groups excluding tert-OH is 1. The second-order valence-corrected chi connectivity index (χ2v) is 5.36. The van der Waals surface area contributed by atoms with Gasteiger partial charge in [0.05, 0.1) is 12.0 Å². The van der Waals surface area contributed by atoms with Gasteiger partial charge in [0.15, 0.2) is 5.78 Å². The lowest BCUT2D eigenvalue weighted by Crippen LogP contribution is -2.17. The first kappa shape index (κ1) is 18.6. The molecule has 114 valence electrons. The first-order valence-electron chi connectivity index (χ1n) is 7.09. The van der Waals surface area contributed by atoms with E-state index in [2.05, 4.69) is 0 Å². The van der Waals surface area contributed by atoms with Crippen LogP contribution in [0.1, 0.15) is 40.5 Å². The normalized spacial score (nSPS) is 18.1. The number of carbonyl (C=O) groups excluding carboxylic acids is 1. The van der Waals surface area contributed by atoms with Crippen molar-refractivity contribution in [1.82, 2.24) is 0 Å². The van der Waals surface area contributed by atoms with Crippen LogP contribution in [0, 0.1) is 17.8 Å². The molecular weight excluding hydrogens is 256 g/mol. The molecule has 0 bridgehead atoms. The van der Waals surface area contributed by atoms with Crippen molar-refractivity contribution in [3.63, 3.8) is 0 Å². The van der Waals surface area contributed by atoms with Crippen LogP contribution in [0.2, 0.25) is 0 Å². The highest BCUT2D eigenvalue weighted by molar-refractivity contribution is 5.92. The molecule has 0 aliphatic carbocycles. The van der Waals surface area contributed by atoms with E-state index in [1.807, 2.05) is 19.9 Å². The molecule has 2 N–H and O–H groups in total. The van der Waals surface area contributed by atoms with Gasteiger partial charge in [0.2, 0.25) is 0 Å². The second kappa shape index (κ2) is 9.48. The van der Waals surface area contributed by atoms with E-state index in [4.69, 9.17) is 5.11 Å². The molecule has 0 rings (SSSR count). The van der Waals surface area contributed by atoms with E-state index in [0.717, 1.165) is 0 Å². The Morgan fingerprint density at radius 2 is 1.70 bits per heavy atom. The Labute approximate surface area is 121 Å². The highest BCUT2D eigenvalue weighted by atomic mass is 16.4. The van der Waals surface area contributed by atoms with Crippen LogP contribution in [0.4, 0.5) is 0 Å². The fourth-order valence-electron chi connectivity index (χ4n) is 1.80. The lowest BCUT2D eigenvalue weighted by atomic mass is 9.93. The Bertz CT molecular complexity index is 371. The molecule has 0 fully saturated rings. The minimum atomic E-state index is -0.879. The van der Waals surface area contributed by atoms with Gasteiger partial charge in [0, 0.05) is 11.8 Å². The summed E-state index contributed by atoms with van der Waals surface area (Å²) in [5.41, 5.74) is 0. The molecule has 0 aromatic heterocycles. The number of carboxylic acids is 1. The molecule has 4 nitrogen and oxygen atoms in total. The number of aliphatic carboxylic acids is 1. The van der Waals surface area contributed by atoms with Gasteiger partial charge >= 0.3 is 5.97 Å². The Morgan fingerprint density at radius 3 is 2.20 bits per heavy atom. The second-order valence-electron chi connectivity index (χ2n) is 5.36. The molecule has 4 unspecified atom stereocenters. The van der Waals surface area contributed by atoms with Gasteiger partial charge < -0.3 is 10.2 Å². The molecule has 0 aromatic carbocycles. The van der Waals surface area contributed by atoms with Crippen molar-refractivity contribution in [2.75, 3.05) is 0 Å². The quantitative estimate of drug-likeness (QED) is 0.504. The summed E-state index contributed by atoms with van der Waals surface area (Å²) >= 11 is 0. The molecule has 4 heteroatoms. The summed E-state index contributed by atoms with van der Waals surface area (Å²) in [6.07, 6.45) is 7.36. The van der Waals surface area contributed by atoms with E-state index >= 15 is 0 Å². The van der Waals surface area contributed by atoms with E-state index in [9.17, 15) is 14.7 Å². The number of hydrogen-bond acceptors (Lipinski definition) is 3. The van der Waals surface area contributed by atoms with E-state index < -0.39 is 11.9 Å². The zero-order chi connectivity index (χ0) is 15.7. The van der Waals surface area contributed by atoms with Gasteiger partial charge in [-0.05, 0) is 18.9 Å². The maximum atomic E-state index is 11.8. The summed E-state index contributed by atoms with van der Waals surface area (Å²) in [5.74, 6) is -1.73. The van der Waals surface area contributed by atoms with Crippen molar-refractivity contribution in [2.45, 2.75) is 46.6 Å². The van der Waals surface area contributed by atoms with E-state index in [1.165, 1.54) is 6.08 Å². The summed E-state index contributed by atoms with van der Waals surface area (Å²) < 4.78 is 0. The van der Waals surface area contributed by atoms with Gasteiger partial charge in [-0.3, -0.25) is 9.59 Å². The van der Waals surface area contributed by atoms with Gasteiger partial charge in [-0.1, -0.05) is 45.9 Å². The van der Waals surface area contributed by atoms with Crippen LogP contribution in [-0.4, -0.2) is 28.1 Å². The predicted octanol–water partition coefficient (Wildman–Crippen LogP) is 2.82. The van der Waals surface area contributed by atoms with Crippen molar-refractivity contribution in [2.24, 2.45) is 17.8 Å². The van der Waals surface area contributed by atoms with Gasteiger partial charge in [0.1, 0.15) is 0 Å². The average Bonchev–Trinajstić information content (AvgIpc) is 2.41. The largest absolute Gasteiger partial charge is 0.481 e. The predicted molar refractivity (Wildman–Crippen MR) is 79.3 cm³/mol. The van der Waals surface area contributed by atoms with Crippen LogP contribution in [0.25, 0.3) is 0 Å². The van der Waals surface area contributed by atoms with Crippen LogP contribution in [-0.2, 0) is 9.59 Å². The van der Waals surface area contributed by atoms with Crippen LogP contribution in [0.15, 0.2) is 24.3 Å². The number of hydrogen-bond donors (Lipinski definition) is 2. The molecule has 0 saturated heterocycles. The van der Waals surface area contributed by atoms with Crippen LogP contribution in [0.3, 0.4) is 0 Å². The van der Waals surface area contributed by atoms with Crippen LogP contribution in [0.5, 0.6) is 0 Å². The molecular formula is C16H26O4. The molecule has 0 aliphatic heterocycles. The molecule has 0 spiro atoms.